The van der Waals surface area contributed by atoms with E-state index >= 15 is 0 Å². The van der Waals surface area contributed by atoms with Crippen LogP contribution in [-0.2, 0) is 20.9 Å². The van der Waals surface area contributed by atoms with Crippen LogP contribution < -0.4 is 10.5 Å². The molecule has 1 aromatic rings. The maximum Gasteiger partial charge on any atom is 0.310 e. The maximum absolute atomic E-state index is 13.6. The Labute approximate surface area is 234 Å². The molecule has 0 aromatic carbocycles. The minimum absolute atomic E-state index is 0.0789. The Hall–Kier alpha value is -2.64. The van der Waals surface area contributed by atoms with Crippen LogP contribution in [0.4, 0.5) is 5.82 Å². The van der Waals surface area contributed by atoms with Crippen LogP contribution in [0.1, 0.15) is 81.9 Å². The summed E-state index contributed by atoms with van der Waals surface area (Å²) in [7, 11) is 0. The number of thioether (sulfide) groups is 1. The molecule has 1 unspecified atom stereocenters. The molecule has 3 heterocycles. The molecule has 1 aromatic heterocycles. The number of nitrogens with zero attached hydrogens (tertiary/aromatic N) is 4. The summed E-state index contributed by atoms with van der Waals surface area (Å²) < 4.78 is 7.51. The lowest BCUT2D eigenvalue weighted by Crippen LogP contribution is -2.43. The highest BCUT2D eigenvalue weighted by atomic mass is 32.2. The first kappa shape index (κ1) is 28.4. The third kappa shape index (κ3) is 5.55. The highest BCUT2D eigenvalue weighted by Gasteiger charge is 2.38. The van der Waals surface area contributed by atoms with Gasteiger partial charge in [0.05, 0.1) is 17.4 Å². The van der Waals surface area contributed by atoms with Crippen molar-refractivity contribution in [3.05, 3.63) is 31.9 Å². The van der Waals surface area contributed by atoms with E-state index < -0.39 is 0 Å². The molecule has 204 valence electrons. The Balaban J connectivity index is 1.82. The van der Waals surface area contributed by atoms with E-state index in [1.807, 2.05) is 13.0 Å². The van der Waals surface area contributed by atoms with Crippen molar-refractivity contribution in [2.24, 2.45) is 5.92 Å². The molecule has 8 nitrogen and oxygen atoms in total. The number of nitriles is 1. The molecule has 1 aliphatic carbocycles. The van der Waals surface area contributed by atoms with Crippen LogP contribution in [0.2, 0.25) is 0 Å². The van der Waals surface area contributed by atoms with Crippen LogP contribution in [0.15, 0.2) is 9.70 Å². The molecule has 0 bridgehead atoms. The van der Waals surface area contributed by atoms with Gasteiger partial charge in [-0.15, -0.1) is 0 Å². The number of amides is 1. The third-order valence-corrected chi connectivity index (χ3v) is 9.00. The highest BCUT2D eigenvalue weighted by Crippen LogP contribution is 2.39. The van der Waals surface area contributed by atoms with E-state index in [0.717, 1.165) is 38.5 Å². The van der Waals surface area contributed by atoms with Gasteiger partial charge in [-0.05, 0) is 57.6 Å². The summed E-state index contributed by atoms with van der Waals surface area (Å²) in [4.78, 5) is 44.0. The van der Waals surface area contributed by atoms with Crippen molar-refractivity contribution in [3.8, 4) is 6.07 Å². The predicted octanol–water partition coefficient (Wildman–Crippen LogP) is 4.75. The van der Waals surface area contributed by atoms with Crippen molar-refractivity contribution in [2.75, 3.05) is 24.6 Å². The summed E-state index contributed by atoms with van der Waals surface area (Å²) in [5.41, 5.74) is 0.950. The Morgan fingerprint density at radius 3 is 2.58 bits per heavy atom. The number of pyridine rings is 1. The van der Waals surface area contributed by atoms with Gasteiger partial charge in [-0.1, -0.05) is 50.2 Å². The molecule has 1 saturated carbocycles. The largest absolute Gasteiger partial charge is 0.466 e. The maximum atomic E-state index is 13.6. The van der Waals surface area contributed by atoms with Crippen LogP contribution in [0.5, 0.6) is 0 Å². The number of hydrogen-bond acceptors (Lipinski definition) is 8. The smallest absolute Gasteiger partial charge is 0.310 e. The van der Waals surface area contributed by atoms with E-state index in [-0.39, 0.29) is 35.0 Å². The van der Waals surface area contributed by atoms with Gasteiger partial charge in [0.1, 0.15) is 21.8 Å². The number of esters is 1. The first-order valence-corrected chi connectivity index (χ1v) is 14.9. The van der Waals surface area contributed by atoms with Gasteiger partial charge < -0.3 is 9.64 Å². The summed E-state index contributed by atoms with van der Waals surface area (Å²) in [6.07, 6.45) is 9.26. The average Bonchev–Trinajstić information content (AvgIpc) is 3.20. The monoisotopic (exact) mass is 556 g/mol. The van der Waals surface area contributed by atoms with E-state index in [1.54, 1.807) is 23.3 Å². The lowest BCUT2D eigenvalue weighted by molar-refractivity contribution is -0.148. The fourth-order valence-electron chi connectivity index (χ4n) is 5.80. The normalized spacial score (nSPS) is 21.7. The van der Waals surface area contributed by atoms with E-state index in [1.165, 1.54) is 18.2 Å². The van der Waals surface area contributed by atoms with Gasteiger partial charge in [0.25, 0.3) is 11.5 Å². The van der Waals surface area contributed by atoms with Crippen LogP contribution in [0.25, 0.3) is 6.08 Å². The number of hydrogen-bond donors (Lipinski definition) is 0. The predicted molar refractivity (Wildman–Crippen MR) is 154 cm³/mol. The highest BCUT2D eigenvalue weighted by molar-refractivity contribution is 8.26. The second kappa shape index (κ2) is 12.5. The molecular weight excluding hydrogens is 520 g/mol. The second-order valence-electron chi connectivity index (χ2n) is 10.2. The Kier molecular flexibility index (Phi) is 9.32. The Morgan fingerprint density at radius 2 is 1.92 bits per heavy atom. The summed E-state index contributed by atoms with van der Waals surface area (Å²) in [5, 5.41) is 9.90. The fraction of sp³-hybridized carbons (Fsp3) is 0.607. The van der Waals surface area contributed by atoms with Gasteiger partial charge >= 0.3 is 5.97 Å². The molecule has 0 radical (unpaired) electrons. The molecular formula is C28H36N4O4S2. The Bertz CT molecular complexity index is 1240. The molecule has 0 spiro atoms. The first-order valence-electron chi connectivity index (χ1n) is 13.7. The number of carbonyl (C=O) groups excluding carboxylic acids is 2. The molecule has 3 aliphatic rings. The average molecular weight is 557 g/mol. The molecule has 4 rings (SSSR count). The van der Waals surface area contributed by atoms with Gasteiger partial charge in [0, 0.05) is 31.2 Å². The van der Waals surface area contributed by atoms with Crippen LogP contribution >= 0.6 is 24.0 Å². The summed E-state index contributed by atoms with van der Waals surface area (Å²) in [6, 6.07) is 2.22. The summed E-state index contributed by atoms with van der Waals surface area (Å²) in [6.45, 7) is 7.36. The van der Waals surface area contributed by atoms with Crippen LogP contribution in [0, 0.1) is 24.2 Å². The topological polar surface area (TPSA) is 95.6 Å². The number of ether oxygens (including phenoxy) is 1. The zero-order valence-corrected chi connectivity index (χ0v) is 24.1. The molecule has 1 atom stereocenters. The minimum atomic E-state index is -0.341. The zero-order chi connectivity index (χ0) is 27.4. The van der Waals surface area contributed by atoms with Crippen molar-refractivity contribution < 1.29 is 14.3 Å². The van der Waals surface area contributed by atoms with E-state index in [4.69, 9.17) is 17.0 Å². The lowest BCUT2D eigenvalue weighted by atomic mass is 9.94. The lowest BCUT2D eigenvalue weighted by Gasteiger charge is -2.36. The van der Waals surface area contributed by atoms with Gasteiger partial charge in [-0.3, -0.25) is 23.9 Å². The molecule has 1 amide bonds. The van der Waals surface area contributed by atoms with Crippen molar-refractivity contribution in [1.29, 1.82) is 5.26 Å². The van der Waals surface area contributed by atoms with Gasteiger partial charge in [0.2, 0.25) is 0 Å². The zero-order valence-electron chi connectivity index (χ0n) is 22.5. The standard InChI is InChI=1S/C28H36N4O4S2/c1-4-13-31-24(30-14-9-10-19(17-30)27(35)36-5-2)21(18(3)22(16-29)25(31)33)15-23-26(34)32(28(37)38-23)20-11-7-6-8-12-20/h15,19-20H,4-14,17H2,1-3H3/b23-15-. The minimum Gasteiger partial charge on any atom is -0.466 e. The molecule has 2 aliphatic heterocycles. The van der Waals surface area contributed by atoms with Crippen LogP contribution in [-0.4, -0.2) is 51.4 Å². The quantitative estimate of drug-likeness (QED) is 0.270. The van der Waals surface area contributed by atoms with E-state index in [2.05, 4.69) is 11.0 Å². The summed E-state index contributed by atoms with van der Waals surface area (Å²) in [5.74, 6) is 0.0152. The fourth-order valence-corrected chi connectivity index (χ4v) is 7.19. The number of thiocarbonyl (C=S) groups is 1. The third-order valence-electron chi connectivity index (χ3n) is 7.67. The number of piperidine rings is 1. The number of aromatic nitrogens is 1. The van der Waals surface area contributed by atoms with E-state index in [0.29, 0.717) is 58.8 Å². The molecule has 3 fully saturated rings. The number of carbonyl (C=O) groups is 2. The number of anilines is 1. The van der Waals surface area contributed by atoms with E-state index in [9.17, 15) is 19.6 Å². The molecule has 0 N–H and O–H groups in total. The molecule has 38 heavy (non-hydrogen) atoms. The van der Waals surface area contributed by atoms with Gasteiger partial charge in [-0.25, -0.2) is 0 Å². The molecule has 2 saturated heterocycles. The van der Waals surface area contributed by atoms with Gasteiger partial charge in [0.15, 0.2) is 0 Å². The van der Waals surface area contributed by atoms with Crippen molar-refractivity contribution in [3.63, 3.8) is 0 Å². The number of rotatable bonds is 7. The van der Waals surface area contributed by atoms with Crippen LogP contribution in [0.3, 0.4) is 0 Å². The SMILES string of the molecule is CCCn1c(N2CCCC(C(=O)OCC)C2)c(/C=C2\SC(=S)N(C3CCCCC3)C2=O)c(C)c(C#N)c1=O. The summed E-state index contributed by atoms with van der Waals surface area (Å²) >= 11 is 6.94. The van der Waals surface area contributed by atoms with Crippen molar-refractivity contribution >= 4 is 52.1 Å². The Morgan fingerprint density at radius 1 is 1.18 bits per heavy atom. The molecule has 10 heteroatoms. The van der Waals surface area contributed by atoms with Gasteiger partial charge in [-0.2, -0.15) is 5.26 Å². The van der Waals surface area contributed by atoms with Crippen molar-refractivity contribution in [1.82, 2.24) is 9.47 Å². The second-order valence-corrected chi connectivity index (χ2v) is 11.9. The first-order chi connectivity index (χ1) is 18.3. The van der Waals surface area contributed by atoms with Crippen molar-refractivity contribution in [2.45, 2.75) is 84.7 Å².